The molecule has 0 fully saturated rings. The van der Waals surface area contributed by atoms with Crippen molar-refractivity contribution in [3.63, 3.8) is 0 Å². The van der Waals surface area contributed by atoms with E-state index in [1.165, 1.54) is 0 Å². The first-order valence-corrected chi connectivity index (χ1v) is 9.30. The van der Waals surface area contributed by atoms with Crippen LogP contribution >= 0.6 is 0 Å². The molecule has 28 heavy (non-hydrogen) atoms. The summed E-state index contributed by atoms with van der Waals surface area (Å²) in [4.78, 5) is 14.4. The molecule has 1 heterocycles. The SMILES string of the molecule is CNc1ccc(N2Cc3cc(OCCOCCOCCF)ccc3C2=O)cc1. The quantitative estimate of drug-likeness (QED) is 0.599. The number of carbonyl (C=O) groups excluding carboxylic acids is 1. The molecular weight excluding hydrogens is 363 g/mol. The Morgan fingerprint density at radius 1 is 1.00 bits per heavy atom. The molecule has 2 aromatic rings. The first kappa shape index (κ1) is 20.1. The predicted molar refractivity (Wildman–Crippen MR) is 106 cm³/mol. The Hall–Kier alpha value is -2.64. The molecule has 0 atom stereocenters. The van der Waals surface area contributed by atoms with Gasteiger partial charge in [0, 0.05) is 24.0 Å². The molecule has 1 aliphatic rings. The van der Waals surface area contributed by atoms with Crippen LogP contribution in [-0.4, -0.2) is 52.7 Å². The number of halogens is 1. The number of anilines is 2. The van der Waals surface area contributed by atoms with Crippen molar-refractivity contribution in [2.75, 3.05) is 57.0 Å². The van der Waals surface area contributed by atoms with Crippen molar-refractivity contribution in [1.29, 1.82) is 0 Å². The number of fused-ring (bicyclic) bond motifs is 1. The van der Waals surface area contributed by atoms with Crippen molar-refractivity contribution in [2.24, 2.45) is 0 Å². The highest BCUT2D eigenvalue weighted by Gasteiger charge is 2.28. The number of nitrogens with one attached hydrogen (secondary N) is 1. The molecule has 3 rings (SSSR count). The molecule has 1 N–H and O–H groups in total. The number of alkyl halides is 1. The van der Waals surface area contributed by atoms with Crippen LogP contribution in [0.2, 0.25) is 0 Å². The van der Waals surface area contributed by atoms with Gasteiger partial charge >= 0.3 is 0 Å². The highest BCUT2D eigenvalue weighted by Crippen LogP contribution is 2.31. The Balaban J connectivity index is 1.50. The summed E-state index contributed by atoms with van der Waals surface area (Å²) in [5.41, 5.74) is 3.51. The molecule has 7 heteroatoms. The van der Waals surface area contributed by atoms with E-state index in [1.807, 2.05) is 37.4 Å². The van der Waals surface area contributed by atoms with Crippen LogP contribution in [0.15, 0.2) is 42.5 Å². The minimum absolute atomic E-state index is 0.00429. The van der Waals surface area contributed by atoms with Crippen LogP contribution in [0.3, 0.4) is 0 Å². The van der Waals surface area contributed by atoms with Gasteiger partial charge in [-0.05, 0) is 48.0 Å². The molecule has 0 radical (unpaired) electrons. The van der Waals surface area contributed by atoms with Crippen LogP contribution in [0, 0.1) is 0 Å². The van der Waals surface area contributed by atoms with E-state index in [1.54, 1.807) is 17.0 Å². The zero-order valence-electron chi connectivity index (χ0n) is 15.9. The monoisotopic (exact) mass is 388 g/mol. The van der Waals surface area contributed by atoms with Gasteiger partial charge in [-0.2, -0.15) is 0 Å². The van der Waals surface area contributed by atoms with Gasteiger partial charge in [-0.15, -0.1) is 0 Å². The van der Waals surface area contributed by atoms with E-state index in [2.05, 4.69) is 5.32 Å². The van der Waals surface area contributed by atoms with Gasteiger partial charge in [-0.1, -0.05) is 0 Å². The summed E-state index contributed by atoms with van der Waals surface area (Å²) in [5.74, 6) is 0.701. The van der Waals surface area contributed by atoms with E-state index >= 15 is 0 Å². The Morgan fingerprint density at radius 2 is 1.71 bits per heavy atom. The van der Waals surface area contributed by atoms with Crippen molar-refractivity contribution >= 4 is 17.3 Å². The highest BCUT2D eigenvalue weighted by atomic mass is 19.1. The Kier molecular flexibility index (Phi) is 7.22. The van der Waals surface area contributed by atoms with Crippen LogP contribution in [0.25, 0.3) is 0 Å². The summed E-state index contributed by atoms with van der Waals surface area (Å²) < 4.78 is 27.9. The Labute approximate surface area is 164 Å². The lowest BCUT2D eigenvalue weighted by Crippen LogP contribution is -2.22. The zero-order chi connectivity index (χ0) is 19.8. The largest absolute Gasteiger partial charge is 0.491 e. The van der Waals surface area contributed by atoms with Crippen molar-refractivity contribution in [1.82, 2.24) is 0 Å². The molecule has 2 aromatic carbocycles. The highest BCUT2D eigenvalue weighted by molar-refractivity contribution is 6.10. The van der Waals surface area contributed by atoms with Gasteiger partial charge in [0.2, 0.25) is 0 Å². The van der Waals surface area contributed by atoms with Gasteiger partial charge < -0.3 is 24.4 Å². The second-order valence-electron chi connectivity index (χ2n) is 6.27. The normalized spacial score (nSPS) is 12.9. The Bertz CT molecular complexity index is 782. The molecule has 0 spiro atoms. The fourth-order valence-electron chi connectivity index (χ4n) is 3.00. The zero-order valence-corrected chi connectivity index (χ0v) is 15.9. The van der Waals surface area contributed by atoms with Crippen molar-refractivity contribution in [3.8, 4) is 5.75 Å². The van der Waals surface area contributed by atoms with E-state index in [9.17, 15) is 9.18 Å². The topological polar surface area (TPSA) is 60.0 Å². The number of hydrogen-bond acceptors (Lipinski definition) is 5. The van der Waals surface area contributed by atoms with Gasteiger partial charge in [0.25, 0.3) is 5.91 Å². The number of nitrogens with zero attached hydrogens (tertiary/aromatic N) is 1. The van der Waals surface area contributed by atoms with E-state index in [4.69, 9.17) is 14.2 Å². The third-order valence-electron chi connectivity index (χ3n) is 4.44. The number of benzene rings is 2. The van der Waals surface area contributed by atoms with Gasteiger partial charge in [-0.3, -0.25) is 4.79 Å². The number of amides is 1. The maximum atomic E-state index is 12.7. The molecule has 0 aliphatic carbocycles. The maximum Gasteiger partial charge on any atom is 0.258 e. The van der Waals surface area contributed by atoms with Crippen LogP contribution in [0.1, 0.15) is 15.9 Å². The molecular formula is C21H25FN2O4. The van der Waals surface area contributed by atoms with Crippen molar-refractivity contribution < 1.29 is 23.4 Å². The van der Waals surface area contributed by atoms with Crippen molar-refractivity contribution in [2.45, 2.75) is 6.54 Å². The summed E-state index contributed by atoms with van der Waals surface area (Å²) in [5, 5.41) is 3.07. The van der Waals surface area contributed by atoms with Gasteiger partial charge in [0.1, 0.15) is 19.0 Å². The molecule has 150 valence electrons. The average Bonchev–Trinajstić information content (AvgIpc) is 3.06. The standard InChI is InChI=1S/C21H25FN2O4/c1-23-17-2-4-18(5-3-17)24-15-16-14-19(6-7-20(16)21(24)25)28-13-12-27-11-10-26-9-8-22/h2-7,14,23H,8-13,15H2,1H3. The van der Waals surface area contributed by atoms with Gasteiger partial charge in [0.05, 0.1) is 33.0 Å². The van der Waals surface area contributed by atoms with E-state index in [0.29, 0.717) is 44.3 Å². The molecule has 0 bridgehead atoms. The molecule has 0 saturated carbocycles. The molecule has 1 aliphatic heterocycles. The number of ether oxygens (including phenoxy) is 3. The van der Waals surface area contributed by atoms with Crippen LogP contribution in [0.5, 0.6) is 5.75 Å². The van der Waals surface area contributed by atoms with Crippen LogP contribution < -0.4 is 15.0 Å². The number of hydrogen-bond donors (Lipinski definition) is 1. The van der Waals surface area contributed by atoms with E-state index in [-0.39, 0.29) is 12.5 Å². The minimum atomic E-state index is -0.484. The summed E-state index contributed by atoms with van der Waals surface area (Å²) in [7, 11) is 1.86. The molecule has 1 amide bonds. The first-order chi connectivity index (χ1) is 13.7. The molecule has 0 saturated heterocycles. The summed E-state index contributed by atoms with van der Waals surface area (Å²) >= 11 is 0. The third-order valence-corrected chi connectivity index (χ3v) is 4.44. The second kappa shape index (κ2) is 10.1. The summed E-state index contributed by atoms with van der Waals surface area (Å²) in [6, 6.07) is 13.3. The van der Waals surface area contributed by atoms with Crippen molar-refractivity contribution in [3.05, 3.63) is 53.6 Å². The van der Waals surface area contributed by atoms with Gasteiger partial charge in [0.15, 0.2) is 0 Å². The number of rotatable bonds is 11. The number of carbonyl (C=O) groups is 1. The Morgan fingerprint density at radius 3 is 2.43 bits per heavy atom. The lowest BCUT2D eigenvalue weighted by Gasteiger charge is -2.16. The van der Waals surface area contributed by atoms with Crippen LogP contribution in [0.4, 0.5) is 15.8 Å². The lowest BCUT2D eigenvalue weighted by atomic mass is 10.1. The fraction of sp³-hybridized carbons (Fsp3) is 0.381. The average molecular weight is 388 g/mol. The minimum Gasteiger partial charge on any atom is -0.491 e. The lowest BCUT2D eigenvalue weighted by molar-refractivity contribution is 0.0325. The predicted octanol–water partition coefficient (Wildman–Crippen LogP) is 3.27. The summed E-state index contributed by atoms with van der Waals surface area (Å²) in [6.07, 6.45) is 0. The second-order valence-corrected chi connectivity index (χ2v) is 6.27. The van der Waals surface area contributed by atoms with E-state index < -0.39 is 6.67 Å². The molecule has 6 nitrogen and oxygen atoms in total. The first-order valence-electron chi connectivity index (χ1n) is 9.30. The molecule has 0 unspecified atom stereocenters. The fourth-order valence-corrected chi connectivity index (χ4v) is 3.00. The van der Waals surface area contributed by atoms with Crippen LogP contribution in [-0.2, 0) is 16.0 Å². The summed E-state index contributed by atoms with van der Waals surface area (Å²) in [6.45, 7) is 1.73. The maximum absolute atomic E-state index is 12.7. The molecule has 0 aromatic heterocycles. The smallest absolute Gasteiger partial charge is 0.258 e. The van der Waals surface area contributed by atoms with E-state index in [0.717, 1.165) is 16.9 Å². The van der Waals surface area contributed by atoms with Gasteiger partial charge in [-0.25, -0.2) is 4.39 Å². The third kappa shape index (κ3) is 4.99.